The van der Waals surface area contributed by atoms with E-state index in [-0.39, 0.29) is 11.1 Å². The average molecular weight is 256 g/mol. The number of carbonyl (C=O) groups is 1. The molecule has 0 fully saturated rings. The molecule has 0 unspecified atom stereocenters. The van der Waals surface area contributed by atoms with Gasteiger partial charge in [0.1, 0.15) is 5.15 Å². The maximum atomic E-state index is 11.9. The van der Waals surface area contributed by atoms with E-state index in [1.54, 1.807) is 0 Å². The molecule has 1 heterocycles. The van der Waals surface area contributed by atoms with Crippen molar-refractivity contribution >= 4 is 23.2 Å². The van der Waals surface area contributed by atoms with Crippen molar-refractivity contribution in [2.75, 3.05) is 12.3 Å². The fourth-order valence-corrected chi connectivity index (χ4v) is 1.72. The third-order valence-corrected chi connectivity index (χ3v) is 3.11. The topological polar surface area (TPSA) is 68.0 Å². The van der Waals surface area contributed by atoms with Crippen LogP contribution in [-0.2, 0) is 0 Å². The van der Waals surface area contributed by atoms with Crippen LogP contribution in [0.4, 0.5) is 5.69 Å². The number of nitrogens with zero attached hydrogens (tertiary/aromatic N) is 1. The summed E-state index contributed by atoms with van der Waals surface area (Å²) in [5, 5.41) is 3.03. The van der Waals surface area contributed by atoms with Gasteiger partial charge in [0.15, 0.2) is 0 Å². The number of nitrogens with two attached hydrogens (primary N) is 1. The van der Waals surface area contributed by atoms with Crippen LogP contribution >= 0.6 is 11.6 Å². The quantitative estimate of drug-likeness (QED) is 0.795. The smallest absolute Gasteiger partial charge is 0.254 e. The Bertz CT molecular complexity index is 391. The Morgan fingerprint density at radius 2 is 2.18 bits per heavy atom. The summed E-state index contributed by atoms with van der Waals surface area (Å²) in [6.07, 6.45) is 3.51. The molecule has 0 bridgehead atoms. The first kappa shape index (κ1) is 13.8. The van der Waals surface area contributed by atoms with Gasteiger partial charge in [0.05, 0.1) is 17.4 Å². The molecule has 1 amide bonds. The maximum absolute atomic E-state index is 11.9. The van der Waals surface area contributed by atoms with E-state index < -0.39 is 0 Å². The highest BCUT2D eigenvalue weighted by molar-refractivity contribution is 6.32. The summed E-state index contributed by atoms with van der Waals surface area (Å²) in [7, 11) is 0. The molecule has 0 atom stereocenters. The SMILES string of the molecule is CCC(CC)CNC(=O)c1cc(N)cnc1Cl. The molecule has 0 spiro atoms. The van der Waals surface area contributed by atoms with Gasteiger partial charge in [0.25, 0.3) is 5.91 Å². The van der Waals surface area contributed by atoms with Crippen LogP contribution in [0.3, 0.4) is 0 Å². The van der Waals surface area contributed by atoms with E-state index in [1.165, 1.54) is 12.3 Å². The zero-order valence-corrected chi connectivity index (χ0v) is 10.9. The molecular formula is C12H18ClN3O. The summed E-state index contributed by atoms with van der Waals surface area (Å²) in [4.78, 5) is 15.7. The number of pyridine rings is 1. The number of aromatic nitrogens is 1. The summed E-state index contributed by atoms with van der Waals surface area (Å²) >= 11 is 5.85. The molecule has 1 aromatic rings. The Kier molecular flexibility index (Phi) is 5.22. The molecule has 0 aliphatic heterocycles. The van der Waals surface area contributed by atoms with Crippen LogP contribution in [0.15, 0.2) is 12.3 Å². The Morgan fingerprint density at radius 3 is 2.76 bits per heavy atom. The predicted octanol–water partition coefficient (Wildman–Crippen LogP) is 2.48. The third kappa shape index (κ3) is 3.89. The Hall–Kier alpha value is -1.29. The van der Waals surface area contributed by atoms with Crippen LogP contribution in [-0.4, -0.2) is 17.4 Å². The van der Waals surface area contributed by atoms with Crippen LogP contribution in [0.1, 0.15) is 37.0 Å². The highest BCUT2D eigenvalue weighted by Gasteiger charge is 2.13. The largest absolute Gasteiger partial charge is 0.397 e. The molecule has 1 rings (SSSR count). The van der Waals surface area contributed by atoms with Gasteiger partial charge in [-0.25, -0.2) is 4.98 Å². The lowest BCUT2D eigenvalue weighted by atomic mass is 10.0. The lowest BCUT2D eigenvalue weighted by molar-refractivity contribution is 0.0946. The van der Waals surface area contributed by atoms with Crippen molar-refractivity contribution in [1.82, 2.24) is 10.3 Å². The molecule has 0 aromatic carbocycles. The highest BCUT2D eigenvalue weighted by Crippen LogP contribution is 2.15. The number of carbonyl (C=O) groups excluding carboxylic acids is 1. The predicted molar refractivity (Wildman–Crippen MR) is 70.1 cm³/mol. The molecule has 0 saturated heterocycles. The normalized spacial score (nSPS) is 10.6. The van der Waals surface area contributed by atoms with Crippen LogP contribution in [0.25, 0.3) is 0 Å². The maximum Gasteiger partial charge on any atom is 0.254 e. The molecule has 17 heavy (non-hydrogen) atoms. The van der Waals surface area contributed by atoms with Crippen molar-refractivity contribution in [3.05, 3.63) is 23.0 Å². The van der Waals surface area contributed by atoms with Crippen LogP contribution in [0, 0.1) is 5.92 Å². The van der Waals surface area contributed by atoms with Gasteiger partial charge in [-0.05, 0) is 12.0 Å². The molecule has 1 aromatic heterocycles. The van der Waals surface area contributed by atoms with E-state index >= 15 is 0 Å². The van der Waals surface area contributed by atoms with E-state index in [2.05, 4.69) is 24.1 Å². The fraction of sp³-hybridized carbons (Fsp3) is 0.500. The van der Waals surface area contributed by atoms with E-state index in [4.69, 9.17) is 17.3 Å². The Balaban J connectivity index is 2.66. The zero-order valence-electron chi connectivity index (χ0n) is 10.2. The molecule has 5 heteroatoms. The standard InChI is InChI=1S/C12H18ClN3O/c1-3-8(4-2)6-16-12(17)10-5-9(14)7-15-11(10)13/h5,7-8H,3-4,6,14H2,1-2H3,(H,16,17). The summed E-state index contributed by atoms with van der Waals surface area (Å²) in [6.45, 7) is 4.86. The molecular weight excluding hydrogens is 238 g/mol. The number of anilines is 1. The van der Waals surface area contributed by atoms with Crippen LogP contribution in [0.5, 0.6) is 0 Å². The van der Waals surface area contributed by atoms with E-state index in [0.29, 0.717) is 23.7 Å². The summed E-state index contributed by atoms with van der Waals surface area (Å²) in [6, 6.07) is 1.54. The van der Waals surface area contributed by atoms with E-state index in [1.807, 2.05) is 0 Å². The number of halogens is 1. The number of nitrogens with one attached hydrogen (secondary N) is 1. The van der Waals surface area contributed by atoms with Gasteiger partial charge in [0.2, 0.25) is 0 Å². The lowest BCUT2D eigenvalue weighted by Crippen LogP contribution is -2.29. The fourth-order valence-electron chi connectivity index (χ4n) is 1.53. The van der Waals surface area contributed by atoms with E-state index in [9.17, 15) is 4.79 Å². The lowest BCUT2D eigenvalue weighted by Gasteiger charge is -2.13. The average Bonchev–Trinajstić information content (AvgIpc) is 2.33. The number of rotatable bonds is 5. The van der Waals surface area contributed by atoms with Gasteiger partial charge in [-0.1, -0.05) is 38.3 Å². The van der Waals surface area contributed by atoms with E-state index in [0.717, 1.165) is 12.8 Å². The van der Waals surface area contributed by atoms with Gasteiger partial charge in [-0.3, -0.25) is 4.79 Å². The summed E-state index contributed by atoms with van der Waals surface area (Å²) in [5.41, 5.74) is 6.34. The zero-order chi connectivity index (χ0) is 12.8. The van der Waals surface area contributed by atoms with Crippen molar-refractivity contribution in [2.24, 2.45) is 5.92 Å². The number of hydrogen-bond acceptors (Lipinski definition) is 3. The third-order valence-electron chi connectivity index (χ3n) is 2.81. The molecule has 0 aliphatic carbocycles. The molecule has 4 nitrogen and oxygen atoms in total. The summed E-state index contributed by atoms with van der Waals surface area (Å²) < 4.78 is 0. The van der Waals surface area contributed by atoms with Gasteiger partial charge >= 0.3 is 0 Å². The van der Waals surface area contributed by atoms with Crippen molar-refractivity contribution in [1.29, 1.82) is 0 Å². The van der Waals surface area contributed by atoms with Crippen molar-refractivity contribution in [3.8, 4) is 0 Å². The molecule has 0 saturated carbocycles. The first-order chi connectivity index (χ1) is 8.08. The van der Waals surface area contributed by atoms with Crippen molar-refractivity contribution < 1.29 is 4.79 Å². The summed E-state index contributed by atoms with van der Waals surface area (Å²) in [5.74, 6) is 0.272. The molecule has 0 aliphatic rings. The monoisotopic (exact) mass is 255 g/mol. The first-order valence-corrected chi connectivity index (χ1v) is 6.15. The molecule has 0 radical (unpaired) electrons. The second-order valence-corrected chi connectivity index (χ2v) is 4.36. The van der Waals surface area contributed by atoms with Crippen molar-refractivity contribution in [3.63, 3.8) is 0 Å². The number of hydrogen-bond donors (Lipinski definition) is 2. The Labute approximate surface area is 107 Å². The van der Waals surface area contributed by atoms with Gasteiger partial charge in [-0.2, -0.15) is 0 Å². The van der Waals surface area contributed by atoms with Crippen molar-refractivity contribution in [2.45, 2.75) is 26.7 Å². The van der Waals surface area contributed by atoms with Gasteiger partial charge in [-0.15, -0.1) is 0 Å². The highest BCUT2D eigenvalue weighted by atomic mass is 35.5. The van der Waals surface area contributed by atoms with Crippen LogP contribution in [0.2, 0.25) is 5.15 Å². The second-order valence-electron chi connectivity index (χ2n) is 4.00. The van der Waals surface area contributed by atoms with Gasteiger partial charge < -0.3 is 11.1 Å². The minimum absolute atomic E-state index is 0.182. The Morgan fingerprint density at radius 1 is 1.53 bits per heavy atom. The second kappa shape index (κ2) is 6.45. The number of amides is 1. The minimum atomic E-state index is -0.221. The number of nitrogen functional groups attached to an aromatic ring is 1. The molecule has 3 N–H and O–H groups in total. The minimum Gasteiger partial charge on any atom is -0.397 e. The first-order valence-electron chi connectivity index (χ1n) is 5.77. The molecule has 94 valence electrons. The van der Waals surface area contributed by atoms with Crippen LogP contribution < -0.4 is 11.1 Å². The van der Waals surface area contributed by atoms with Gasteiger partial charge in [0, 0.05) is 6.54 Å².